The van der Waals surface area contributed by atoms with Crippen molar-refractivity contribution in [1.82, 2.24) is 4.90 Å². The maximum atomic E-state index is 11.9. The number of benzene rings is 1. The summed E-state index contributed by atoms with van der Waals surface area (Å²) >= 11 is 0. The number of likely N-dealkylation sites (N-methyl/N-ethyl adjacent to an activating group) is 1. The Hall–Kier alpha value is -2.44. The summed E-state index contributed by atoms with van der Waals surface area (Å²) < 4.78 is 10.2. The Kier molecular flexibility index (Phi) is 5.19. The fraction of sp³-hybridized carbons (Fsp3) is 0.385. The molecule has 0 saturated heterocycles. The van der Waals surface area contributed by atoms with Crippen LogP contribution in [0.15, 0.2) is 18.2 Å². The standard InChI is InChI=1S/C13H18N2O5/c1-8(12(16)17)15(2)13(18)14-9-5-6-10(19-3)11(7-9)20-4/h5-8H,1-4H3,(H,14,18)(H,16,17). The summed E-state index contributed by atoms with van der Waals surface area (Å²) in [5, 5.41) is 11.5. The molecule has 7 heteroatoms. The third kappa shape index (κ3) is 3.53. The number of amides is 2. The lowest BCUT2D eigenvalue weighted by molar-refractivity contribution is -0.141. The zero-order valence-electron chi connectivity index (χ0n) is 11.8. The minimum absolute atomic E-state index is 0.472. The van der Waals surface area contributed by atoms with Gasteiger partial charge >= 0.3 is 12.0 Å². The lowest BCUT2D eigenvalue weighted by Crippen LogP contribution is -2.42. The Balaban J connectivity index is 2.83. The lowest BCUT2D eigenvalue weighted by atomic mass is 10.2. The van der Waals surface area contributed by atoms with E-state index in [1.807, 2.05) is 0 Å². The van der Waals surface area contributed by atoms with Gasteiger partial charge in [-0.25, -0.2) is 9.59 Å². The quantitative estimate of drug-likeness (QED) is 0.857. The smallest absolute Gasteiger partial charge is 0.326 e. The molecular weight excluding hydrogens is 264 g/mol. The SMILES string of the molecule is COc1ccc(NC(=O)N(C)C(C)C(=O)O)cc1OC. The number of nitrogens with one attached hydrogen (secondary N) is 1. The molecule has 7 nitrogen and oxygen atoms in total. The van der Waals surface area contributed by atoms with Gasteiger partial charge in [0.2, 0.25) is 0 Å². The summed E-state index contributed by atoms with van der Waals surface area (Å²) in [7, 11) is 4.41. The van der Waals surface area contributed by atoms with Crippen LogP contribution in [-0.2, 0) is 4.79 Å². The normalized spacial score (nSPS) is 11.4. The second-order valence-electron chi connectivity index (χ2n) is 4.13. The van der Waals surface area contributed by atoms with Crippen LogP contribution in [0.1, 0.15) is 6.92 Å². The van der Waals surface area contributed by atoms with Crippen LogP contribution in [0, 0.1) is 0 Å². The first-order valence-electron chi connectivity index (χ1n) is 5.89. The molecule has 0 spiro atoms. The van der Waals surface area contributed by atoms with Crippen molar-refractivity contribution in [3.05, 3.63) is 18.2 Å². The molecule has 1 aromatic carbocycles. The van der Waals surface area contributed by atoms with E-state index in [2.05, 4.69) is 5.32 Å². The van der Waals surface area contributed by atoms with E-state index in [9.17, 15) is 9.59 Å². The molecule has 1 unspecified atom stereocenters. The number of nitrogens with zero attached hydrogens (tertiary/aromatic N) is 1. The van der Waals surface area contributed by atoms with Crippen LogP contribution in [-0.4, -0.2) is 49.3 Å². The van der Waals surface area contributed by atoms with Crippen LogP contribution in [0.3, 0.4) is 0 Å². The third-order valence-corrected chi connectivity index (χ3v) is 2.89. The summed E-state index contributed by atoms with van der Waals surface area (Å²) in [6, 6.07) is 3.44. The molecule has 0 aromatic heterocycles. The highest BCUT2D eigenvalue weighted by molar-refractivity contribution is 5.92. The lowest BCUT2D eigenvalue weighted by Gasteiger charge is -2.22. The van der Waals surface area contributed by atoms with Gasteiger partial charge in [-0.3, -0.25) is 0 Å². The number of rotatable bonds is 5. The van der Waals surface area contributed by atoms with Gasteiger partial charge < -0.3 is 24.8 Å². The van der Waals surface area contributed by atoms with E-state index in [0.717, 1.165) is 4.90 Å². The molecule has 1 aromatic rings. The largest absolute Gasteiger partial charge is 0.493 e. The van der Waals surface area contributed by atoms with Crippen molar-refractivity contribution in [3.8, 4) is 11.5 Å². The van der Waals surface area contributed by atoms with Crippen molar-refractivity contribution in [3.63, 3.8) is 0 Å². The number of anilines is 1. The van der Waals surface area contributed by atoms with Gasteiger partial charge in [-0.15, -0.1) is 0 Å². The predicted molar refractivity (Wildman–Crippen MR) is 73.4 cm³/mol. The molecule has 0 radical (unpaired) electrons. The molecular formula is C13H18N2O5. The maximum Gasteiger partial charge on any atom is 0.326 e. The van der Waals surface area contributed by atoms with Gasteiger partial charge in [0.15, 0.2) is 11.5 Å². The van der Waals surface area contributed by atoms with Crippen molar-refractivity contribution in [2.24, 2.45) is 0 Å². The van der Waals surface area contributed by atoms with E-state index >= 15 is 0 Å². The zero-order chi connectivity index (χ0) is 15.3. The summed E-state index contributed by atoms with van der Waals surface area (Å²) in [5.41, 5.74) is 0.483. The zero-order valence-corrected chi connectivity index (χ0v) is 11.8. The Morgan fingerprint density at radius 1 is 1.25 bits per heavy atom. The second-order valence-corrected chi connectivity index (χ2v) is 4.13. The van der Waals surface area contributed by atoms with Crippen LogP contribution in [0.5, 0.6) is 11.5 Å². The molecule has 2 N–H and O–H groups in total. The summed E-state index contributed by atoms with van der Waals surface area (Å²) in [6.45, 7) is 1.43. The number of methoxy groups -OCH3 is 2. The minimum Gasteiger partial charge on any atom is -0.493 e. The Morgan fingerprint density at radius 2 is 1.85 bits per heavy atom. The highest BCUT2D eigenvalue weighted by Crippen LogP contribution is 2.29. The van der Waals surface area contributed by atoms with Crippen molar-refractivity contribution in [2.45, 2.75) is 13.0 Å². The number of carbonyl (C=O) groups excluding carboxylic acids is 1. The van der Waals surface area contributed by atoms with E-state index < -0.39 is 18.0 Å². The van der Waals surface area contributed by atoms with Gasteiger partial charge in [0.1, 0.15) is 6.04 Å². The van der Waals surface area contributed by atoms with Crippen LogP contribution < -0.4 is 14.8 Å². The molecule has 0 aliphatic carbocycles. The monoisotopic (exact) mass is 282 g/mol. The topological polar surface area (TPSA) is 88.1 Å². The highest BCUT2D eigenvalue weighted by atomic mass is 16.5. The summed E-state index contributed by atoms with van der Waals surface area (Å²) in [4.78, 5) is 23.8. The number of carbonyl (C=O) groups is 2. The molecule has 1 rings (SSSR count). The van der Waals surface area contributed by atoms with Crippen LogP contribution in [0.2, 0.25) is 0 Å². The van der Waals surface area contributed by atoms with Crippen LogP contribution >= 0.6 is 0 Å². The van der Waals surface area contributed by atoms with Gasteiger partial charge in [0.05, 0.1) is 14.2 Å². The van der Waals surface area contributed by atoms with E-state index in [0.29, 0.717) is 17.2 Å². The number of ether oxygens (including phenoxy) is 2. The van der Waals surface area contributed by atoms with Gasteiger partial charge in [-0.1, -0.05) is 0 Å². The van der Waals surface area contributed by atoms with E-state index in [-0.39, 0.29) is 0 Å². The first-order chi connectivity index (χ1) is 9.40. The first kappa shape index (κ1) is 15.6. The fourth-order valence-electron chi connectivity index (χ4n) is 1.47. The molecule has 20 heavy (non-hydrogen) atoms. The number of aliphatic carboxylic acids is 1. The first-order valence-corrected chi connectivity index (χ1v) is 5.89. The second kappa shape index (κ2) is 6.65. The van der Waals surface area contributed by atoms with Crippen molar-refractivity contribution >= 4 is 17.7 Å². The number of carboxylic acid groups (broad SMARTS) is 1. The molecule has 0 fully saturated rings. The summed E-state index contributed by atoms with van der Waals surface area (Å²) in [5.74, 6) is -0.0630. The molecule has 0 aliphatic rings. The van der Waals surface area contributed by atoms with Crippen molar-refractivity contribution < 1.29 is 24.2 Å². The predicted octanol–water partition coefficient (Wildman–Crippen LogP) is 1.64. The molecule has 0 aliphatic heterocycles. The number of hydrogen-bond donors (Lipinski definition) is 2. The van der Waals surface area contributed by atoms with Crippen LogP contribution in [0.4, 0.5) is 10.5 Å². The Labute approximate surface area is 117 Å². The van der Waals surface area contributed by atoms with E-state index in [1.165, 1.54) is 28.2 Å². The van der Waals surface area contributed by atoms with Gasteiger partial charge in [-0.05, 0) is 19.1 Å². The van der Waals surface area contributed by atoms with E-state index in [4.69, 9.17) is 14.6 Å². The molecule has 2 amide bonds. The molecule has 0 saturated carbocycles. The van der Waals surface area contributed by atoms with E-state index in [1.54, 1.807) is 18.2 Å². The van der Waals surface area contributed by atoms with Gasteiger partial charge in [0, 0.05) is 18.8 Å². The fourth-order valence-corrected chi connectivity index (χ4v) is 1.47. The van der Waals surface area contributed by atoms with Crippen LogP contribution in [0.25, 0.3) is 0 Å². The Bertz CT molecular complexity index is 504. The minimum atomic E-state index is -1.07. The van der Waals surface area contributed by atoms with Crippen molar-refractivity contribution in [2.75, 3.05) is 26.6 Å². The number of urea groups is 1. The highest BCUT2D eigenvalue weighted by Gasteiger charge is 2.21. The number of carboxylic acids is 1. The molecule has 0 heterocycles. The summed E-state index contributed by atoms with van der Waals surface area (Å²) in [6.07, 6.45) is 0. The number of hydrogen-bond acceptors (Lipinski definition) is 4. The third-order valence-electron chi connectivity index (χ3n) is 2.89. The molecule has 110 valence electrons. The van der Waals surface area contributed by atoms with Gasteiger partial charge in [-0.2, -0.15) is 0 Å². The Morgan fingerprint density at radius 3 is 2.35 bits per heavy atom. The molecule has 1 atom stereocenters. The average molecular weight is 282 g/mol. The van der Waals surface area contributed by atoms with Crippen molar-refractivity contribution in [1.29, 1.82) is 0 Å². The van der Waals surface area contributed by atoms with Gasteiger partial charge in [0.25, 0.3) is 0 Å². The average Bonchev–Trinajstić information content (AvgIpc) is 2.45. The maximum absolute atomic E-state index is 11.9. The molecule has 0 bridgehead atoms.